The maximum absolute atomic E-state index is 5.96. The molecule has 18 heavy (non-hydrogen) atoms. The highest BCUT2D eigenvalue weighted by Gasteiger charge is 2.09. The lowest BCUT2D eigenvalue weighted by atomic mass is 10.3. The maximum atomic E-state index is 5.96. The molecule has 0 amide bonds. The number of fused-ring (bicyclic) bond motifs is 1. The van der Waals surface area contributed by atoms with Gasteiger partial charge >= 0.3 is 0 Å². The van der Waals surface area contributed by atoms with Crippen molar-refractivity contribution in [2.75, 3.05) is 5.73 Å². The number of hydrogen-bond acceptors (Lipinski definition) is 3. The molecule has 0 atom stereocenters. The van der Waals surface area contributed by atoms with Crippen molar-refractivity contribution in [1.82, 2.24) is 14.5 Å². The molecule has 0 aliphatic carbocycles. The third-order valence-corrected chi connectivity index (χ3v) is 3.28. The van der Waals surface area contributed by atoms with Crippen LogP contribution in [0.3, 0.4) is 0 Å². The monoisotopic (exact) mass is 302 g/mol. The van der Waals surface area contributed by atoms with Crippen LogP contribution in [0.5, 0.6) is 0 Å². The summed E-state index contributed by atoms with van der Waals surface area (Å²) >= 11 is 3.46. The molecule has 0 saturated carbocycles. The van der Waals surface area contributed by atoms with E-state index in [0.717, 1.165) is 21.2 Å². The molecule has 0 unspecified atom stereocenters. The van der Waals surface area contributed by atoms with E-state index in [1.54, 1.807) is 6.20 Å². The SMILES string of the molecule is Nc1nc2ccc(Br)cc2n1Cc1ccccn1. The third kappa shape index (κ3) is 1.97. The Morgan fingerprint density at radius 3 is 2.89 bits per heavy atom. The van der Waals surface area contributed by atoms with E-state index in [2.05, 4.69) is 25.9 Å². The standard InChI is InChI=1S/C13H11BrN4/c14-9-4-5-11-12(7-9)18(13(15)17-11)8-10-3-1-2-6-16-10/h1-7H,8H2,(H2,15,17). The lowest BCUT2D eigenvalue weighted by Crippen LogP contribution is -2.05. The molecule has 2 aromatic heterocycles. The van der Waals surface area contributed by atoms with Crippen LogP contribution in [0.2, 0.25) is 0 Å². The summed E-state index contributed by atoms with van der Waals surface area (Å²) in [6.45, 7) is 0.625. The molecule has 0 aliphatic rings. The maximum Gasteiger partial charge on any atom is 0.201 e. The van der Waals surface area contributed by atoms with Gasteiger partial charge in [0.2, 0.25) is 5.95 Å². The minimum Gasteiger partial charge on any atom is -0.369 e. The van der Waals surface area contributed by atoms with Gasteiger partial charge in [0.1, 0.15) is 0 Å². The molecule has 1 aromatic carbocycles. The van der Waals surface area contributed by atoms with E-state index in [1.165, 1.54) is 0 Å². The number of nitrogen functional groups attached to an aromatic ring is 1. The Morgan fingerprint density at radius 1 is 1.22 bits per heavy atom. The van der Waals surface area contributed by atoms with E-state index < -0.39 is 0 Å². The first-order valence-electron chi connectivity index (χ1n) is 5.55. The summed E-state index contributed by atoms with van der Waals surface area (Å²) in [4.78, 5) is 8.65. The molecule has 0 fully saturated rings. The topological polar surface area (TPSA) is 56.7 Å². The predicted octanol–water partition coefficient (Wildman–Crippen LogP) is 2.82. The summed E-state index contributed by atoms with van der Waals surface area (Å²) in [6, 6.07) is 11.8. The van der Waals surface area contributed by atoms with Crippen LogP contribution in [0.1, 0.15) is 5.69 Å². The zero-order valence-corrected chi connectivity index (χ0v) is 11.1. The van der Waals surface area contributed by atoms with Crippen molar-refractivity contribution in [2.24, 2.45) is 0 Å². The number of halogens is 1. The molecule has 2 N–H and O–H groups in total. The molecule has 0 bridgehead atoms. The van der Waals surface area contributed by atoms with Gasteiger partial charge in [-0.25, -0.2) is 4.98 Å². The molecule has 0 aliphatic heterocycles. The molecular formula is C13H11BrN4. The highest BCUT2D eigenvalue weighted by Crippen LogP contribution is 2.22. The Hall–Kier alpha value is -1.88. The van der Waals surface area contributed by atoms with E-state index in [1.807, 2.05) is 41.0 Å². The molecule has 2 heterocycles. The van der Waals surface area contributed by atoms with Gasteiger partial charge in [-0.1, -0.05) is 22.0 Å². The quantitative estimate of drug-likeness (QED) is 0.792. The first kappa shape index (κ1) is 11.2. The van der Waals surface area contributed by atoms with Gasteiger partial charge in [-0.3, -0.25) is 4.98 Å². The molecule has 3 aromatic rings. The average molecular weight is 303 g/mol. The van der Waals surface area contributed by atoms with Crippen LogP contribution >= 0.6 is 15.9 Å². The molecule has 3 rings (SSSR count). The fourth-order valence-corrected chi connectivity index (χ4v) is 2.28. The van der Waals surface area contributed by atoms with Crippen molar-refractivity contribution in [3.63, 3.8) is 0 Å². The van der Waals surface area contributed by atoms with Crippen molar-refractivity contribution < 1.29 is 0 Å². The summed E-state index contributed by atoms with van der Waals surface area (Å²) in [6.07, 6.45) is 1.78. The number of imidazole rings is 1. The van der Waals surface area contributed by atoms with Crippen LogP contribution < -0.4 is 5.73 Å². The van der Waals surface area contributed by atoms with E-state index >= 15 is 0 Å². The lowest BCUT2D eigenvalue weighted by Gasteiger charge is -2.05. The second-order valence-corrected chi connectivity index (χ2v) is 4.93. The fourth-order valence-electron chi connectivity index (χ4n) is 1.93. The van der Waals surface area contributed by atoms with Gasteiger partial charge in [0.15, 0.2) is 0 Å². The van der Waals surface area contributed by atoms with Gasteiger partial charge in [0.05, 0.1) is 23.3 Å². The second kappa shape index (κ2) is 4.42. The van der Waals surface area contributed by atoms with Crippen molar-refractivity contribution in [3.05, 3.63) is 52.8 Å². The molecular weight excluding hydrogens is 292 g/mol. The number of nitrogens with zero attached hydrogens (tertiary/aromatic N) is 3. The van der Waals surface area contributed by atoms with Crippen molar-refractivity contribution in [2.45, 2.75) is 6.54 Å². The number of anilines is 1. The van der Waals surface area contributed by atoms with Gasteiger partial charge < -0.3 is 10.3 Å². The Morgan fingerprint density at radius 2 is 2.11 bits per heavy atom. The van der Waals surface area contributed by atoms with Crippen molar-refractivity contribution in [3.8, 4) is 0 Å². The van der Waals surface area contributed by atoms with Gasteiger partial charge in [-0.05, 0) is 30.3 Å². The number of benzene rings is 1. The van der Waals surface area contributed by atoms with Gasteiger partial charge in [-0.15, -0.1) is 0 Å². The van der Waals surface area contributed by atoms with E-state index in [-0.39, 0.29) is 0 Å². The summed E-state index contributed by atoms with van der Waals surface area (Å²) in [5.74, 6) is 0.508. The Kier molecular flexibility index (Phi) is 2.76. The highest BCUT2D eigenvalue weighted by molar-refractivity contribution is 9.10. The summed E-state index contributed by atoms with van der Waals surface area (Å²) in [7, 11) is 0. The van der Waals surface area contributed by atoms with Crippen molar-refractivity contribution >= 4 is 32.9 Å². The number of pyridine rings is 1. The Labute approximate surface area is 113 Å². The largest absolute Gasteiger partial charge is 0.369 e. The van der Waals surface area contributed by atoms with Crippen LogP contribution in [0.15, 0.2) is 47.1 Å². The van der Waals surface area contributed by atoms with Gasteiger partial charge in [0, 0.05) is 10.7 Å². The van der Waals surface area contributed by atoms with Crippen LogP contribution in [0, 0.1) is 0 Å². The Balaban J connectivity index is 2.11. The lowest BCUT2D eigenvalue weighted by molar-refractivity contribution is 0.809. The molecule has 90 valence electrons. The minimum atomic E-state index is 0.508. The molecule has 0 saturated heterocycles. The van der Waals surface area contributed by atoms with Crippen LogP contribution in [0.4, 0.5) is 5.95 Å². The first-order chi connectivity index (χ1) is 8.74. The smallest absolute Gasteiger partial charge is 0.201 e. The molecule has 0 spiro atoms. The van der Waals surface area contributed by atoms with Gasteiger partial charge in [-0.2, -0.15) is 0 Å². The van der Waals surface area contributed by atoms with Gasteiger partial charge in [0.25, 0.3) is 0 Å². The van der Waals surface area contributed by atoms with Crippen LogP contribution in [0.25, 0.3) is 11.0 Å². The normalized spacial score (nSPS) is 10.9. The number of aromatic nitrogens is 3. The van der Waals surface area contributed by atoms with Crippen LogP contribution in [-0.4, -0.2) is 14.5 Å². The number of rotatable bonds is 2. The fraction of sp³-hybridized carbons (Fsp3) is 0.0769. The highest BCUT2D eigenvalue weighted by atomic mass is 79.9. The van der Waals surface area contributed by atoms with Crippen LogP contribution in [-0.2, 0) is 6.54 Å². The third-order valence-electron chi connectivity index (χ3n) is 2.79. The average Bonchev–Trinajstić information content (AvgIpc) is 2.67. The number of hydrogen-bond donors (Lipinski definition) is 1. The zero-order valence-electron chi connectivity index (χ0n) is 9.55. The van der Waals surface area contributed by atoms with E-state index in [4.69, 9.17) is 5.73 Å². The molecule has 4 nitrogen and oxygen atoms in total. The number of nitrogens with two attached hydrogens (primary N) is 1. The first-order valence-corrected chi connectivity index (χ1v) is 6.34. The molecule has 5 heteroatoms. The van der Waals surface area contributed by atoms with E-state index in [9.17, 15) is 0 Å². The second-order valence-electron chi connectivity index (χ2n) is 4.01. The zero-order chi connectivity index (χ0) is 12.5. The summed E-state index contributed by atoms with van der Waals surface area (Å²) < 4.78 is 2.97. The predicted molar refractivity (Wildman–Crippen MR) is 75.2 cm³/mol. The summed E-state index contributed by atoms with van der Waals surface area (Å²) in [5.41, 5.74) is 8.82. The minimum absolute atomic E-state index is 0.508. The molecule has 0 radical (unpaired) electrons. The Bertz CT molecular complexity index is 691. The van der Waals surface area contributed by atoms with E-state index in [0.29, 0.717) is 12.5 Å². The summed E-state index contributed by atoms with van der Waals surface area (Å²) in [5, 5.41) is 0. The van der Waals surface area contributed by atoms with Crippen molar-refractivity contribution in [1.29, 1.82) is 0 Å².